The van der Waals surface area contributed by atoms with Crippen molar-refractivity contribution in [2.45, 2.75) is 68.9 Å². The fourth-order valence-corrected chi connectivity index (χ4v) is 5.71. The third kappa shape index (κ3) is 9.16. The molecule has 0 amide bonds. The van der Waals surface area contributed by atoms with Crippen LogP contribution >= 0.6 is 23.2 Å². The Hall–Kier alpha value is -3.46. The van der Waals surface area contributed by atoms with Gasteiger partial charge in [-0.1, -0.05) is 54.1 Å². The average molecular weight is 697 g/mol. The quantitative estimate of drug-likeness (QED) is 0.134. The predicted octanol–water partition coefficient (Wildman–Crippen LogP) is 5.96. The fourth-order valence-electron chi connectivity index (χ4n) is 5.12. The first-order valence-electron chi connectivity index (χ1n) is 15.6. The van der Waals surface area contributed by atoms with Gasteiger partial charge in [0.25, 0.3) is 0 Å². The minimum atomic E-state index is -1.17. The van der Waals surface area contributed by atoms with Crippen LogP contribution < -0.4 is 14.8 Å². The summed E-state index contributed by atoms with van der Waals surface area (Å²) < 4.78 is 19.2. The number of aliphatic hydroxyl groups is 3. The van der Waals surface area contributed by atoms with Crippen LogP contribution in [0.3, 0.4) is 0 Å². The minimum absolute atomic E-state index is 0.0302. The van der Waals surface area contributed by atoms with E-state index in [0.29, 0.717) is 39.6 Å². The first-order chi connectivity index (χ1) is 22.7. The van der Waals surface area contributed by atoms with E-state index >= 15 is 0 Å². The van der Waals surface area contributed by atoms with Crippen molar-refractivity contribution in [2.24, 2.45) is 0 Å². The molecule has 0 radical (unpaired) electrons. The number of nitrogens with one attached hydrogen (secondary N) is 1. The van der Waals surface area contributed by atoms with E-state index in [9.17, 15) is 20.6 Å². The molecular formula is C37H43Cl2N3O6. The van der Waals surface area contributed by atoms with Crippen LogP contribution in [-0.2, 0) is 17.9 Å². The lowest BCUT2D eigenvalue weighted by Gasteiger charge is -2.45. The second-order valence-electron chi connectivity index (χ2n) is 13.0. The van der Waals surface area contributed by atoms with Crippen molar-refractivity contribution < 1.29 is 29.5 Å². The van der Waals surface area contributed by atoms with Gasteiger partial charge in [0.05, 0.1) is 41.5 Å². The van der Waals surface area contributed by atoms with Gasteiger partial charge < -0.3 is 34.8 Å². The number of nitriles is 1. The number of hydrogen-bond donors (Lipinski definition) is 4. The molecule has 1 aliphatic carbocycles. The lowest BCUT2D eigenvalue weighted by atomic mass is 9.76. The third-order valence-electron chi connectivity index (χ3n) is 8.37. The van der Waals surface area contributed by atoms with Crippen molar-refractivity contribution in [1.82, 2.24) is 10.3 Å². The number of benzene rings is 2. The molecule has 1 aliphatic rings. The number of halogens is 2. The first-order valence-corrected chi connectivity index (χ1v) is 16.4. The Morgan fingerprint density at radius 1 is 1.02 bits per heavy atom. The van der Waals surface area contributed by atoms with E-state index in [1.807, 2.05) is 55.5 Å². The molecule has 4 rings (SSSR count). The summed E-state index contributed by atoms with van der Waals surface area (Å²) in [4.78, 5) is 3.03. The largest absolute Gasteiger partial charge is 0.488 e. The molecule has 0 aliphatic heterocycles. The van der Waals surface area contributed by atoms with E-state index in [1.54, 1.807) is 45.2 Å². The van der Waals surface area contributed by atoms with Gasteiger partial charge in [-0.3, -0.25) is 4.98 Å². The molecule has 4 N–H and O–H groups in total. The summed E-state index contributed by atoms with van der Waals surface area (Å²) in [5.74, 6) is 0.741. The van der Waals surface area contributed by atoms with Gasteiger partial charge in [0.2, 0.25) is 0 Å². The highest BCUT2D eigenvalue weighted by Crippen LogP contribution is 2.48. The summed E-state index contributed by atoms with van der Waals surface area (Å²) in [5.41, 5.74) is 0.457. The Labute approximate surface area is 292 Å². The molecule has 1 aromatic heterocycles. The second kappa shape index (κ2) is 15.8. The maximum atomic E-state index is 10.4. The zero-order valence-corrected chi connectivity index (χ0v) is 29.2. The van der Waals surface area contributed by atoms with Gasteiger partial charge in [-0.2, -0.15) is 5.26 Å². The van der Waals surface area contributed by atoms with Crippen molar-refractivity contribution in [3.8, 4) is 17.6 Å². The summed E-state index contributed by atoms with van der Waals surface area (Å²) >= 11 is 14.2. The number of aromatic nitrogens is 1. The molecule has 256 valence electrons. The molecule has 2 unspecified atom stereocenters. The SMILES string of the molecule is CC(C)(O)CCOC1(COc2cc(OCc3cncc(C#N)c3)c(CNC(C)(CO)CO)cc2Cl)C=CC=C(c2ccccc2)C1(C)Cl. The third-order valence-corrected chi connectivity index (χ3v) is 9.19. The Bertz CT molecular complexity index is 1640. The Morgan fingerprint density at radius 2 is 1.75 bits per heavy atom. The molecule has 0 bridgehead atoms. The molecule has 2 aromatic carbocycles. The summed E-state index contributed by atoms with van der Waals surface area (Å²) in [5, 5.41) is 42.8. The maximum Gasteiger partial charge on any atom is 0.143 e. The normalized spacial score (nSPS) is 19.5. The summed E-state index contributed by atoms with van der Waals surface area (Å²) in [6, 6.07) is 17.0. The number of rotatable bonds is 16. The van der Waals surface area contributed by atoms with Crippen molar-refractivity contribution in [1.29, 1.82) is 5.26 Å². The van der Waals surface area contributed by atoms with Gasteiger partial charge in [0.15, 0.2) is 0 Å². The maximum absolute atomic E-state index is 10.4. The molecule has 3 aromatic rings. The minimum Gasteiger partial charge on any atom is -0.488 e. The molecule has 9 nitrogen and oxygen atoms in total. The van der Waals surface area contributed by atoms with Crippen LogP contribution in [0.2, 0.25) is 5.02 Å². The zero-order chi connectivity index (χ0) is 35.0. The summed E-state index contributed by atoms with van der Waals surface area (Å²) in [7, 11) is 0. The van der Waals surface area contributed by atoms with Crippen LogP contribution in [0.25, 0.3) is 5.57 Å². The molecule has 2 atom stereocenters. The van der Waals surface area contributed by atoms with E-state index in [0.717, 1.165) is 11.1 Å². The zero-order valence-electron chi connectivity index (χ0n) is 27.7. The molecule has 0 saturated carbocycles. The molecule has 11 heteroatoms. The lowest BCUT2D eigenvalue weighted by molar-refractivity contribution is -0.0704. The highest BCUT2D eigenvalue weighted by atomic mass is 35.5. The van der Waals surface area contributed by atoms with E-state index in [-0.39, 0.29) is 39.6 Å². The molecule has 0 fully saturated rings. The van der Waals surface area contributed by atoms with Gasteiger partial charge in [0.1, 0.15) is 41.3 Å². The van der Waals surface area contributed by atoms with Crippen LogP contribution in [0.4, 0.5) is 0 Å². The standard InChI is InChI=1S/C37H43Cl2N3O6/c1-34(2,45)13-14-48-37(12-8-11-30(36(37,4)39)28-9-6-5-7-10-28)25-47-33-17-32(46-22-27-15-26(18-40)19-41-20-27)29(16-31(33)38)21-42-35(3,23-43)24-44/h5-12,15-17,19-20,42-45H,13-14,21-25H2,1-4H3. The number of alkyl halides is 1. The van der Waals surface area contributed by atoms with Gasteiger partial charge in [-0.15, -0.1) is 11.6 Å². The number of nitrogens with zero attached hydrogens (tertiary/aromatic N) is 2. The lowest BCUT2D eigenvalue weighted by Crippen LogP contribution is -2.55. The van der Waals surface area contributed by atoms with Crippen LogP contribution in [-0.4, -0.2) is 68.3 Å². The number of pyridine rings is 1. The topological polar surface area (TPSA) is 137 Å². The Balaban J connectivity index is 1.67. The number of hydrogen-bond acceptors (Lipinski definition) is 9. The summed E-state index contributed by atoms with van der Waals surface area (Å²) in [6.45, 7) is 6.93. The van der Waals surface area contributed by atoms with Crippen LogP contribution in [0.5, 0.6) is 11.5 Å². The highest BCUT2D eigenvalue weighted by Gasteiger charge is 2.51. The predicted molar refractivity (Wildman–Crippen MR) is 187 cm³/mol. The smallest absolute Gasteiger partial charge is 0.143 e. The monoisotopic (exact) mass is 695 g/mol. The summed E-state index contributed by atoms with van der Waals surface area (Å²) in [6.07, 6.45) is 9.18. The second-order valence-corrected chi connectivity index (χ2v) is 14.2. The Morgan fingerprint density at radius 3 is 2.42 bits per heavy atom. The fraction of sp³-hybridized carbons (Fsp3) is 0.405. The van der Waals surface area contributed by atoms with E-state index < -0.39 is 21.6 Å². The van der Waals surface area contributed by atoms with Crippen molar-refractivity contribution in [3.63, 3.8) is 0 Å². The molecule has 0 saturated heterocycles. The number of aliphatic hydroxyl groups excluding tert-OH is 2. The average Bonchev–Trinajstić information content (AvgIpc) is 3.07. The Kier molecular flexibility index (Phi) is 12.3. The molecule has 1 heterocycles. The molecule has 48 heavy (non-hydrogen) atoms. The van der Waals surface area contributed by atoms with Crippen LogP contribution in [0, 0.1) is 11.3 Å². The van der Waals surface area contributed by atoms with Crippen molar-refractivity contribution >= 4 is 28.8 Å². The number of ether oxygens (including phenoxy) is 3. The molecule has 0 spiro atoms. The van der Waals surface area contributed by atoms with E-state index in [4.69, 9.17) is 37.4 Å². The van der Waals surface area contributed by atoms with E-state index in [1.165, 1.54) is 6.20 Å². The van der Waals surface area contributed by atoms with E-state index in [2.05, 4.69) is 16.4 Å². The van der Waals surface area contributed by atoms with Crippen LogP contribution in [0.1, 0.15) is 56.4 Å². The van der Waals surface area contributed by atoms with Gasteiger partial charge >= 0.3 is 0 Å². The van der Waals surface area contributed by atoms with Gasteiger partial charge in [0, 0.05) is 36.1 Å². The van der Waals surface area contributed by atoms with Crippen LogP contribution in [0.15, 0.2) is 79.2 Å². The number of allylic oxidation sites excluding steroid dienone is 2. The highest BCUT2D eigenvalue weighted by molar-refractivity contribution is 6.32. The molecular weight excluding hydrogens is 653 g/mol. The first kappa shape index (κ1) is 37.4. The van der Waals surface area contributed by atoms with Crippen molar-refractivity contribution in [3.05, 3.63) is 106 Å². The van der Waals surface area contributed by atoms with Crippen molar-refractivity contribution in [2.75, 3.05) is 26.4 Å². The van der Waals surface area contributed by atoms with Gasteiger partial charge in [-0.05, 0) is 63.5 Å². The van der Waals surface area contributed by atoms with Gasteiger partial charge in [-0.25, -0.2) is 0 Å².